The molecule has 7 nitrogen and oxygen atoms in total. The molecule has 0 aliphatic rings. The average molecular weight is 339 g/mol. The standard InChI is InChI=1S/C8H9NO3.C7H8O3S/c9-7(8(11)12)5-1-3-6(10)4-2-5;1-6-4-2-3-5-7(6)11(8,9)10/h1-4,7,10H,9H2,(H,11,12);2-5H,1H3,(H,8,9,10). The minimum Gasteiger partial charge on any atom is -0.508 e. The second-order valence-electron chi connectivity index (χ2n) is 4.65. The summed E-state index contributed by atoms with van der Waals surface area (Å²) in [5.74, 6) is -0.989. The fourth-order valence-corrected chi connectivity index (χ4v) is 2.40. The highest BCUT2D eigenvalue weighted by Crippen LogP contribution is 2.15. The summed E-state index contributed by atoms with van der Waals surface area (Å²) in [6, 6.07) is 11.0. The van der Waals surface area contributed by atoms with E-state index in [1.165, 1.54) is 30.3 Å². The van der Waals surface area contributed by atoms with Crippen LogP contribution in [0.2, 0.25) is 0 Å². The van der Waals surface area contributed by atoms with Gasteiger partial charge in [-0.15, -0.1) is 0 Å². The quantitative estimate of drug-likeness (QED) is 0.624. The number of aliphatic carboxylic acids is 1. The number of phenolic OH excluding ortho intramolecular Hbond substituents is 1. The Hall–Kier alpha value is -2.42. The summed E-state index contributed by atoms with van der Waals surface area (Å²) in [7, 11) is -4.03. The van der Waals surface area contributed by atoms with Gasteiger partial charge in [-0.25, -0.2) is 0 Å². The van der Waals surface area contributed by atoms with Gasteiger partial charge in [0.05, 0.1) is 4.90 Å². The fourth-order valence-electron chi connectivity index (χ4n) is 1.67. The SMILES string of the molecule is Cc1ccccc1S(=O)(=O)O.NC(C(=O)O)c1ccc(O)cc1. The first-order valence-corrected chi connectivity index (χ1v) is 7.87. The fraction of sp³-hybridized carbons (Fsp3) is 0.133. The topological polar surface area (TPSA) is 138 Å². The number of carboxylic acid groups (broad SMARTS) is 1. The number of hydrogen-bond acceptors (Lipinski definition) is 5. The van der Waals surface area contributed by atoms with Gasteiger partial charge in [-0.3, -0.25) is 9.35 Å². The largest absolute Gasteiger partial charge is 0.508 e. The highest BCUT2D eigenvalue weighted by atomic mass is 32.2. The highest BCUT2D eigenvalue weighted by molar-refractivity contribution is 7.85. The molecule has 0 fully saturated rings. The summed E-state index contributed by atoms with van der Waals surface area (Å²) >= 11 is 0. The molecule has 124 valence electrons. The van der Waals surface area contributed by atoms with Crippen molar-refractivity contribution in [2.24, 2.45) is 5.73 Å². The Morgan fingerprint density at radius 1 is 1.09 bits per heavy atom. The number of hydrogen-bond donors (Lipinski definition) is 4. The van der Waals surface area contributed by atoms with E-state index in [0.29, 0.717) is 11.1 Å². The molecule has 0 spiro atoms. The molecule has 0 aromatic heterocycles. The Balaban J connectivity index is 0.000000231. The predicted molar refractivity (Wildman–Crippen MR) is 83.7 cm³/mol. The van der Waals surface area contributed by atoms with Crippen LogP contribution in [0.3, 0.4) is 0 Å². The summed E-state index contributed by atoms with van der Waals surface area (Å²) in [5.41, 5.74) is 6.33. The van der Waals surface area contributed by atoms with Gasteiger partial charge in [-0.1, -0.05) is 30.3 Å². The summed E-state index contributed by atoms with van der Waals surface area (Å²) < 4.78 is 29.9. The molecule has 2 aromatic rings. The van der Waals surface area contributed by atoms with E-state index in [1.807, 2.05) is 0 Å². The lowest BCUT2D eigenvalue weighted by atomic mass is 10.1. The van der Waals surface area contributed by atoms with Crippen molar-refractivity contribution in [3.05, 3.63) is 59.7 Å². The number of benzene rings is 2. The average Bonchev–Trinajstić information content (AvgIpc) is 2.47. The molecule has 1 atom stereocenters. The zero-order valence-corrected chi connectivity index (χ0v) is 13.1. The molecule has 23 heavy (non-hydrogen) atoms. The molecule has 2 rings (SSSR count). The van der Waals surface area contributed by atoms with Crippen molar-refractivity contribution in [3.63, 3.8) is 0 Å². The van der Waals surface area contributed by atoms with Crippen molar-refractivity contribution < 1.29 is 28.0 Å². The molecular weight excluding hydrogens is 322 g/mol. The first-order chi connectivity index (χ1) is 10.6. The van der Waals surface area contributed by atoms with Gasteiger partial charge in [0.1, 0.15) is 11.8 Å². The third-order valence-electron chi connectivity index (χ3n) is 2.89. The smallest absolute Gasteiger partial charge is 0.325 e. The Labute approximate surface area is 133 Å². The lowest BCUT2D eigenvalue weighted by Gasteiger charge is -2.05. The van der Waals surface area contributed by atoms with E-state index >= 15 is 0 Å². The number of phenols is 1. The van der Waals surface area contributed by atoms with E-state index in [4.69, 9.17) is 20.5 Å². The van der Waals surface area contributed by atoms with E-state index in [-0.39, 0.29) is 10.6 Å². The Kier molecular flexibility index (Phi) is 6.26. The minimum absolute atomic E-state index is 0.0278. The first-order valence-electron chi connectivity index (χ1n) is 6.43. The number of nitrogens with two attached hydrogens (primary N) is 1. The predicted octanol–water partition coefficient (Wildman–Crippen LogP) is 1.72. The van der Waals surface area contributed by atoms with Crippen molar-refractivity contribution in [2.75, 3.05) is 0 Å². The number of aromatic hydroxyl groups is 1. The second kappa shape index (κ2) is 7.73. The zero-order chi connectivity index (χ0) is 17.6. The molecule has 0 amide bonds. The van der Waals surface area contributed by atoms with E-state index in [1.54, 1.807) is 25.1 Å². The van der Waals surface area contributed by atoms with E-state index in [2.05, 4.69) is 0 Å². The van der Waals surface area contributed by atoms with Crippen LogP contribution in [-0.4, -0.2) is 29.2 Å². The van der Waals surface area contributed by atoms with Gasteiger partial charge in [0.25, 0.3) is 10.1 Å². The molecule has 0 heterocycles. The van der Waals surface area contributed by atoms with E-state index < -0.39 is 22.1 Å². The Morgan fingerprint density at radius 3 is 2.00 bits per heavy atom. The molecule has 5 N–H and O–H groups in total. The third-order valence-corrected chi connectivity index (χ3v) is 3.90. The molecule has 8 heteroatoms. The summed E-state index contributed by atoms with van der Waals surface area (Å²) in [6.45, 7) is 1.63. The van der Waals surface area contributed by atoms with Gasteiger partial charge >= 0.3 is 5.97 Å². The van der Waals surface area contributed by atoms with Crippen LogP contribution in [0.5, 0.6) is 5.75 Å². The summed E-state index contributed by atoms with van der Waals surface area (Å²) in [5, 5.41) is 17.4. The van der Waals surface area contributed by atoms with Gasteiger partial charge in [-0.2, -0.15) is 8.42 Å². The molecule has 0 aliphatic heterocycles. The monoisotopic (exact) mass is 339 g/mol. The second-order valence-corrected chi connectivity index (χ2v) is 6.04. The van der Waals surface area contributed by atoms with Crippen LogP contribution in [0.1, 0.15) is 17.2 Å². The zero-order valence-electron chi connectivity index (χ0n) is 12.2. The van der Waals surface area contributed by atoms with Crippen molar-refractivity contribution in [2.45, 2.75) is 17.9 Å². The Morgan fingerprint density at radius 2 is 1.61 bits per heavy atom. The van der Waals surface area contributed by atoms with Crippen molar-refractivity contribution in [1.82, 2.24) is 0 Å². The van der Waals surface area contributed by atoms with Crippen LogP contribution in [-0.2, 0) is 14.9 Å². The van der Waals surface area contributed by atoms with Crippen molar-refractivity contribution >= 4 is 16.1 Å². The van der Waals surface area contributed by atoms with Crippen LogP contribution in [0.15, 0.2) is 53.4 Å². The van der Waals surface area contributed by atoms with Gasteiger partial charge in [0.2, 0.25) is 0 Å². The minimum atomic E-state index is -4.03. The van der Waals surface area contributed by atoms with Crippen LogP contribution < -0.4 is 5.73 Å². The lowest BCUT2D eigenvalue weighted by molar-refractivity contribution is -0.138. The van der Waals surface area contributed by atoms with Crippen LogP contribution in [0.4, 0.5) is 0 Å². The lowest BCUT2D eigenvalue weighted by Crippen LogP contribution is -2.20. The van der Waals surface area contributed by atoms with Crippen LogP contribution in [0, 0.1) is 6.92 Å². The van der Waals surface area contributed by atoms with Crippen LogP contribution >= 0.6 is 0 Å². The Bertz CT molecular complexity index is 771. The molecule has 1 unspecified atom stereocenters. The molecular formula is C15H17NO6S. The molecule has 2 aromatic carbocycles. The van der Waals surface area contributed by atoms with Gasteiger partial charge in [0.15, 0.2) is 0 Å². The normalized spacial score (nSPS) is 12.0. The number of aryl methyl sites for hydroxylation is 1. The van der Waals surface area contributed by atoms with Crippen LogP contribution in [0.25, 0.3) is 0 Å². The maximum atomic E-state index is 10.6. The first kappa shape index (κ1) is 18.6. The van der Waals surface area contributed by atoms with E-state index in [0.717, 1.165) is 0 Å². The van der Waals surface area contributed by atoms with Crippen molar-refractivity contribution in [1.29, 1.82) is 0 Å². The number of carbonyl (C=O) groups is 1. The molecule has 0 saturated carbocycles. The summed E-state index contributed by atoms with van der Waals surface area (Å²) in [4.78, 5) is 10.4. The van der Waals surface area contributed by atoms with Gasteiger partial charge < -0.3 is 15.9 Å². The summed E-state index contributed by atoms with van der Waals surface area (Å²) in [6.07, 6.45) is 0. The number of carboxylic acids is 1. The van der Waals surface area contributed by atoms with Gasteiger partial charge in [0, 0.05) is 0 Å². The third kappa shape index (κ3) is 5.70. The maximum absolute atomic E-state index is 10.6. The molecule has 0 radical (unpaired) electrons. The highest BCUT2D eigenvalue weighted by Gasteiger charge is 2.13. The molecule has 0 saturated heterocycles. The maximum Gasteiger partial charge on any atom is 0.325 e. The van der Waals surface area contributed by atoms with Gasteiger partial charge in [-0.05, 0) is 36.2 Å². The van der Waals surface area contributed by atoms with E-state index in [9.17, 15) is 13.2 Å². The van der Waals surface area contributed by atoms with Crippen molar-refractivity contribution in [3.8, 4) is 5.75 Å². The molecule has 0 aliphatic carbocycles. The molecule has 0 bridgehead atoms. The number of rotatable bonds is 3.